The van der Waals surface area contributed by atoms with Gasteiger partial charge in [0.05, 0.1) is 6.20 Å². The molecule has 0 saturated carbocycles. The molecule has 0 aliphatic carbocycles. The van der Waals surface area contributed by atoms with Crippen LogP contribution >= 0.6 is 0 Å². The highest BCUT2D eigenvalue weighted by Crippen LogP contribution is 2.09. The molecule has 6 heteroatoms. The Morgan fingerprint density at radius 1 is 0.957 bits per heavy atom. The first-order valence-corrected chi connectivity index (χ1v) is 7.41. The predicted molar refractivity (Wildman–Crippen MR) is 89.9 cm³/mol. The molecular weight excluding hydrogens is 288 g/mol. The van der Waals surface area contributed by atoms with Gasteiger partial charge in [-0.15, -0.1) is 5.10 Å². The summed E-state index contributed by atoms with van der Waals surface area (Å²) in [6, 6.07) is 12.2. The summed E-state index contributed by atoms with van der Waals surface area (Å²) in [5.41, 5.74) is 3.56. The van der Waals surface area contributed by atoms with E-state index in [1.54, 1.807) is 18.6 Å². The Morgan fingerprint density at radius 2 is 1.78 bits per heavy atom. The van der Waals surface area contributed by atoms with E-state index in [9.17, 15) is 0 Å². The van der Waals surface area contributed by atoms with Crippen molar-refractivity contribution in [1.82, 2.24) is 20.2 Å². The van der Waals surface area contributed by atoms with Crippen LogP contribution in [0.15, 0.2) is 55.0 Å². The Kier molecular flexibility index (Phi) is 4.73. The molecule has 0 bridgehead atoms. The molecule has 0 atom stereocenters. The molecule has 2 heterocycles. The van der Waals surface area contributed by atoms with E-state index in [0.29, 0.717) is 24.9 Å². The maximum atomic E-state index is 4.41. The van der Waals surface area contributed by atoms with Gasteiger partial charge in [0.2, 0.25) is 5.95 Å². The van der Waals surface area contributed by atoms with Gasteiger partial charge in [-0.2, -0.15) is 10.1 Å². The normalized spacial score (nSPS) is 10.3. The molecule has 0 spiro atoms. The van der Waals surface area contributed by atoms with E-state index in [0.717, 1.165) is 5.56 Å². The van der Waals surface area contributed by atoms with Crippen molar-refractivity contribution in [2.45, 2.75) is 20.0 Å². The zero-order valence-electron chi connectivity index (χ0n) is 12.9. The van der Waals surface area contributed by atoms with Crippen LogP contribution in [-0.2, 0) is 13.1 Å². The van der Waals surface area contributed by atoms with Crippen molar-refractivity contribution in [2.75, 3.05) is 10.6 Å². The molecule has 2 aromatic heterocycles. The molecule has 0 fully saturated rings. The first-order valence-electron chi connectivity index (χ1n) is 7.41. The van der Waals surface area contributed by atoms with Crippen molar-refractivity contribution in [3.05, 3.63) is 71.7 Å². The van der Waals surface area contributed by atoms with Gasteiger partial charge < -0.3 is 10.6 Å². The van der Waals surface area contributed by atoms with Crippen LogP contribution in [0, 0.1) is 6.92 Å². The molecule has 0 aliphatic rings. The minimum absolute atomic E-state index is 0.496. The van der Waals surface area contributed by atoms with Gasteiger partial charge in [0.1, 0.15) is 0 Å². The third-order valence-electron chi connectivity index (χ3n) is 3.31. The van der Waals surface area contributed by atoms with E-state index in [4.69, 9.17) is 0 Å². The van der Waals surface area contributed by atoms with Crippen molar-refractivity contribution in [3.63, 3.8) is 0 Å². The van der Waals surface area contributed by atoms with Crippen LogP contribution in [0.1, 0.15) is 16.7 Å². The van der Waals surface area contributed by atoms with Crippen molar-refractivity contribution in [1.29, 1.82) is 0 Å². The zero-order chi connectivity index (χ0) is 15.9. The second-order valence-electron chi connectivity index (χ2n) is 5.22. The zero-order valence-corrected chi connectivity index (χ0v) is 12.9. The van der Waals surface area contributed by atoms with E-state index < -0.39 is 0 Å². The highest BCUT2D eigenvalue weighted by Gasteiger charge is 2.01. The lowest BCUT2D eigenvalue weighted by atomic mass is 10.1. The second kappa shape index (κ2) is 7.31. The third kappa shape index (κ3) is 4.47. The number of pyridine rings is 1. The summed E-state index contributed by atoms with van der Waals surface area (Å²) in [5.74, 6) is 1.19. The molecule has 0 aliphatic heterocycles. The van der Waals surface area contributed by atoms with Gasteiger partial charge >= 0.3 is 0 Å². The Bertz CT molecular complexity index is 760. The molecule has 2 N–H and O–H groups in total. The second-order valence-corrected chi connectivity index (χ2v) is 5.22. The number of hydrogen-bond donors (Lipinski definition) is 2. The molecule has 0 amide bonds. The lowest BCUT2D eigenvalue weighted by molar-refractivity contribution is 0.936. The number of benzene rings is 1. The summed E-state index contributed by atoms with van der Waals surface area (Å²) in [6.07, 6.45) is 5.14. The number of hydrogen-bond acceptors (Lipinski definition) is 6. The van der Waals surface area contributed by atoms with Gasteiger partial charge in [0.15, 0.2) is 5.82 Å². The number of nitrogens with zero attached hydrogens (tertiary/aromatic N) is 4. The SMILES string of the molecule is Cc1cccc(CNc2cnnc(NCc3ccncc3)n2)c1. The van der Waals surface area contributed by atoms with Gasteiger partial charge in [-0.1, -0.05) is 29.8 Å². The number of rotatable bonds is 6. The van der Waals surface area contributed by atoms with Crippen LogP contribution < -0.4 is 10.6 Å². The van der Waals surface area contributed by atoms with Crippen molar-refractivity contribution >= 4 is 11.8 Å². The Balaban J connectivity index is 1.59. The summed E-state index contributed by atoms with van der Waals surface area (Å²) in [5, 5.41) is 14.4. The molecule has 3 aromatic rings. The van der Waals surface area contributed by atoms with Crippen LogP contribution in [0.5, 0.6) is 0 Å². The highest BCUT2D eigenvalue weighted by atomic mass is 15.3. The highest BCUT2D eigenvalue weighted by molar-refractivity contribution is 5.38. The minimum atomic E-state index is 0.496. The molecule has 1 aromatic carbocycles. The van der Waals surface area contributed by atoms with Gasteiger partial charge in [-0.25, -0.2) is 0 Å². The fourth-order valence-corrected chi connectivity index (χ4v) is 2.16. The smallest absolute Gasteiger partial charge is 0.244 e. The largest absolute Gasteiger partial charge is 0.365 e. The van der Waals surface area contributed by atoms with Gasteiger partial charge in [-0.05, 0) is 30.2 Å². The molecule has 3 rings (SSSR count). The van der Waals surface area contributed by atoms with Gasteiger partial charge in [0, 0.05) is 25.5 Å². The maximum Gasteiger partial charge on any atom is 0.244 e. The van der Waals surface area contributed by atoms with Crippen molar-refractivity contribution in [2.24, 2.45) is 0 Å². The van der Waals surface area contributed by atoms with Crippen molar-refractivity contribution < 1.29 is 0 Å². The molecule has 0 saturated heterocycles. The first-order chi connectivity index (χ1) is 11.3. The number of aryl methyl sites for hydroxylation is 1. The lowest BCUT2D eigenvalue weighted by Crippen LogP contribution is -2.08. The summed E-state index contributed by atoms with van der Waals surface area (Å²) in [7, 11) is 0. The molecule has 23 heavy (non-hydrogen) atoms. The van der Waals surface area contributed by atoms with E-state index in [2.05, 4.69) is 55.9 Å². The Morgan fingerprint density at radius 3 is 2.61 bits per heavy atom. The van der Waals surface area contributed by atoms with Crippen LogP contribution in [0.4, 0.5) is 11.8 Å². The molecule has 0 radical (unpaired) electrons. The Labute approximate surface area is 135 Å². The van der Waals surface area contributed by atoms with E-state index in [1.807, 2.05) is 18.2 Å². The molecule has 116 valence electrons. The average molecular weight is 306 g/mol. The maximum absolute atomic E-state index is 4.41. The molecule has 6 nitrogen and oxygen atoms in total. The first kappa shape index (κ1) is 14.9. The topological polar surface area (TPSA) is 75.6 Å². The van der Waals surface area contributed by atoms with Crippen LogP contribution in [0.25, 0.3) is 0 Å². The molecular formula is C17H18N6. The third-order valence-corrected chi connectivity index (χ3v) is 3.31. The summed E-state index contributed by atoms with van der Waals surface area (Å²) >= 11 is 0. The summed E-state index contributed by atoms with van der Waals surface area (Å²) < 4.78 is 0. The van der Waals surface area contributed by atoms with Crippen LogP contribution in [0.2, 0.25) is 0 Å². The van der Waals surface area contributed by atoms with Crippen LogP contribution in [-0.4, -0.2) is 20.2 Å². The van der Waals surface area contributed by atoms with E-state index in [1.165, 1.54) is 11.1 Å². The number of anilines is 2. The van der Waals surface area contributed by atoms with Crippen LogP contribution in [0.3, 0.4) is 0 Å². The lowest BCUT2D eigenvalue weighted by Gasteiger charge is -2.08. The summed E-state index contributed by atoms with van der Waals surface area (Å²) in [4.78, 5) is 8.41. The fourth-order valence-electron chi connectivity index (χ4n) is 2.16. The average Bonchev–Trinajstić information content (AvgIpc) is 2.60. The quantitative estimate of drug-likeness (QED) is 0.729. The number of aromatic nitrogens is 4. The standard InChI is InChI=1S/C17H18N6/c1-13-3-2-4-15(9-13)11-19-16-12-21-23-17(22-16)20-10-14-5-7-18-8-6-14/h2-9,12H,10-11H2,1H3,(H2,19,20,22,23). The monoisotopic (exact) mass is 306 g/mol. The van der Waals surface area contributed by atoms with E-state index >= 15 is 0 Å². The summed E-state index contributed by atoms with van der Waals surface area (Å²) in [6.45, 7) is 3.41. The number of nitrogens with one attached hydrogen (secondary N) is 2. The van der Waals surface area contributed by atoms with Gasteiger partial charge in [0.25, 0.3) is 0 Å². The van der Waals surface area contributed by atoms with E-state index in [-0.39, 0.29) is 0 Å². The predicted octanol–water partition coefficient (Wildman–Crippen LogP) is 2.80. The van der Waals surface area contributed by atoms with Crippen molar-refractivity contribution in [3.8, 4) is 0 Å². The van der Waals surface area contributed by atoms with Gasteiger partial charge in [-0.3, -0.25) is 4.98 Å². The fraction of sp³-hybridized carbons (Fsp3) is 0.176. The minimum Gasteiger partial charge on any atom is -0.365 e. The molecule has 0 unspecified atom stereocenters. The Hall–Kier alpha value is -3.02.